The lowest BCUT2D eigenvalue weighted by Crippen LogP contribution is -2.28. The third-order valence-electron chi connectivity index (χ3n) is 6.20. The van der Waals surface area contributed by atoms with Gasteiger partial charge in [0.25, 0.3) is 11.1 Å². The fraction of sp³-hybridized carbons (Fsp3) is 0.172. The largest absolute Gasteiger partial charge is 0.361 e. The molecule has 0 spiro atoms. The normalized spacial score (nSPS) is 12.5. The summed E-state index contributed by atoms with van der Waals surface area (Å²) in [6.45, 7) is 9.60. The van der Waals surface area contributed by atoms with Crippen molar-refractivity contribution in [3.63, 3.8) is 0 Å². The number of para-hydroxylation sites is 1. The van der Waals surface area contributed by atoms with Gasteiger partial charge < -0.3 is 9.88 Å². The molecule has 0 aliphatic heterocycles. The fourth-order valence-corrected chi connectivity index (χ4v) is 4.33. The molecule has 0 aliphatic rings. The maximum absolute atomic E-state index is 14.2. The third-order valence-corrected chi connectivity index (χ3v) is 6.20. The number of hydrogen-bond acceptors (Lipinski definition) is 5. The molecule has 0 saturated heterocycles. The van der Waals surface area contributed by atoms with Crippen LogP contribution >= 0.6 is 0 Å². The van der Waals surface area contributed by atoms with Gasteiger partial charge in [-0.25, -0.2) is 4.99 Å². The van der Waals surface area contributed by atoms with Crippen LogP contribution in [0.25, 0.3) is 27.6 Å². The topological polar surface area (TPSA) is 92.2 Å². The number of allylic oxidation sites excluding steroid dienone is 1. The number of rotatable bonds is 7. The Hall–Kier alpha value is -4.70. The monoisotopic (exact) mass is 477 g/mol. The van der Waals surface area contributed by atoms with Gasteiger partial charge in [-0.15, -0.1) is 0 Å². The summed E-state index contributed by atoms with van der Waals surface area (Å²) in [5.74, 6) is 0.368. The molecule has 0 unspecified atom stereocenters. The van der Waals surface area contributed by atoms with E-state index in [1.807, 2.05) is 68.4 Å². The first kappa shape index (κ1) is 24.4. The van der Waals surface area contributed by atoms with Crippen LogP contribution in [-0.2, 0) is 6.54 Å². The summed E-state index contributed by atoms with van der Waals surface area (Å²) in [6, 6.07) is 22.1. The highest BCUT2D eigenvalue weighted by atomic mass is 16.1. The van der Waals surface area contributed by atoms with Crippen molar-refractivity contribution in [2.45, 2.75) is 33.4 Å². The first-order valence-electron chi connectivity index (χ1n) is 11.7. The van der Waals surface area contributed by atoms with Crippen LogP contribution in [0.15, 0.2) is 98.9 Å². The van der Waals surface area contributed by atoms with E-state index in [0.29, 0.717) is 29.0 Å². The standard InChI is InChI=1S/C29H27N5O2/c1-5-33-18-22(14-15-26(33)35)24-13-9-10-21-16-25(20(3)32-28(31-4)19(2)17-30)34(29(36)27(21)24)23-11-7-6-8-12-23/h6-16,18,20,32H,4-5H2,1-3H3/b28-19-/t20-/m0/s1. The second-order valence-corrected chi connectivity index (χ2v) is 8.47. The number of aryl methyl sites for hydroxylation is 1. The fourth-order valence-electron chi connectivity index (χ4n) is 4.33. The highest BCUT2D eigenvalue weighted by Gasteiger charge is 2.19. The number of benzene rings is 2. The Bertz CT molecular complexity index is 1640. The van der Waals surface area contributed by atoms with Crippen LogP contribution in [0, 0.1) is 11.3 Å². The molecular weight excluding hydrogens is 450 g/mol. The van der Waals surface area contributed by atoms with Crippen LogP contribution in [0.1, 0.15) is 32.5 Å². The van der Waals surface area contributed by atoms with Gasteiger partial charge >= 0.3 is 0 Å². The van der Waals surface area contributed by atoms with Gasteiger partial charge in [0.2, 0.25) is 0 Å². The molecule has 0 saturated carbocycles. The molecule has 180 valence electrons. The van der Waals surface area contributed by atoms with E-state index >= 15 is 0 Å². The average Bonchev–Trinajstić information content (AvgIpc) is 2.91. The van der Waals surface area contributed by atoms with Crippen molar-refractivity contribution in [1.82, 2.24) is 14.5 Å². The minimum Gasteiger partial charge on any atom is -0.361 e. The molecule has 2 aromatic carbocycles. The summed E-state index contributed by atoms with van der Waals surface area (Å²) in [6.07, 6.45) is 1.79. The van der Waals surface area contributed by atoms with Crippen molar-refractivity contribution in [1.29, 1.82) is 5.26 Å². The minimum atomic E-state index is -0.364. The predicted molar refractivity (Wildman–Crippen MR) is 144 cm³/mol. The molecule has 2 heterocycles. The lowest BCUT2D eigenvalue weighted by Gasteiger charge is -2.22. The van der Waals surface area contributed by atoms with Crippen LogP contribution in [0.4, 0.5) is 0 Å². The maximum atomic E-state index is 14.2. The molecular formula is C29H27N5O2. The predicted octanol–water partition coefficient (Wildman–Crippen LogP) is 4.95. The van der Waals surface area contributed by atoms with Crippen LogP contribution in [-0.4, -0.2) is 15.9 Å². The molecule has 1 atom stereocenters. The quantitative estimate of drug-likeness (QED) is 0.301. The van der Waals surface area contributed by atoms with Crippen LogP contribution in [0.2, 0.25) is 0 Å². The Labute approximate surface area is 209 Å². The number of hydrogen-bond donors (Lipinski definition) is 1. The van der Waals surface area contributed by atoms with Gasteiger partial charge in [0.05, 0.1) is 23.1 Å². The molecule has 0 bridgehead atoms. The van der Waals surface area contributed by atoms with Crippen LogP contribution in [0.3, 0.4) is 0 Å². The highest BCUT2D eigenvalue weighted by Crippen LogP contribution is 2.29. The first-order valence-corrected chi connectivity index (χ1v) is 11.7. The molecule has 0 amide bonds. The van der Waals surface area contributed by atoms with E-state index in [1.54, 1.807) is 28.3 Å². The van der Waals surface area contributed by atoms with Crippen LogP contribution in [0.5, 0.6) is 0 Å². The summed E-state index contributed by atoms with van der Waals surface area (Å²) in [5, 5.41) is 13.9. The molecule has 2 aromatic heterocycles. The van der Waals surface area contributed by atoms with E-state index < -0.39 is 0 Å². The molecule has 4 rings (SSSR count). The Balaban J connectivity index is 2.02. The SMILES string of the molecule is C=N/C(N[C@@H](C)c1cc2cccc(-c3ccc(=O)n(CC)c3)c2c(=O)n1-c1ccccc1)=C(\C)C#N. The van der Waals surface area contributed by atoms with Gasteiger partial charge in [0.15, 0.2) is 0 Å². The molecule has 7 heteroatoms. The molecule has 1 N–H and O–H groups in total. The van der Waals surface area contributed by atoms with E-state index in [1.165, 1.54) is 6.07 Å². The number of nitrogens with zero attached hydrogens (tertiary/aromatic N) is 4. The summed E-state index contributed by atoms with van der Waals surface area (Å²) in [7, 11) is 0. The van der Waals surface area contributed by atoms with E-state index in [2.05, 4.69) is 23.1 Å². The third kappa shape index (κ3) is 4.49. The highest BCUT2D eigenvalue weighted by molar-refractivity contribution is 5.96. The zero-order chi connectivity index (χ0) is 25.8. The van der Waals surface area contributed by atoms with Crippen molar-refractivity contribution in [2.75, 3.05) is 0 Å². The lowest BCUT2D eigenvalue weighted by molar-refractivity contribution is 0.608. The molecule has 0 aliphatic carbocycles. The number of pyridine rings is 2. The summed E-state index contributed by atoms with van der Waals surface area (Å²) >= 11 is 0. The molecule has 4 aromatic rings. The summed E-state index contributed by atoms with van der Waals surface area (Å²) in [4.78, 5) is 30.3. The van der Waals surface area contributed by atoms with Gasteiger partial charge in [-0.05, 0) is 68.3 Å². The van der Waals surface area contributed by atoms with E-state index in [-0.39, 0.29) is 17.2 Å². The van der Waals surface area contributed by atoms with Gasteiger partial charge in [0.1, 0.15) is 5.82 Å². The van der Waals surface area contributed by atoms with Crippen molar-refractivity contribution < 1.29 is 0 Å². The number of aromatic nitrogens is 2. The smallest absolute Gasteiger partial charge is 0.263 e. The van der Waals surface area contributed by atoms with Gasteiger partial charge in [-0.1, -0.05) is 36.4 Å². The van der Waals surface area contributed by atoms with E-state index in [4.69, 9.17) is 0 Å². The second kappa shape index (κ2) is 10.3. The van der Waals surface area contributed by atoms with Crippen LogP contribution < -0.4 is 16.4 Å². The number of aliphatic imine (C=N–C) groups is 1. The Morgan fingerprint density at radius 2 is 1.86 bits per heavy atom. The van der Waals surface area contributed by atoms with Crippen molar-refractivity contribution in [2.24, 2.45) is 4.99 Å². The van der Waals surface area contributed by atoms with Gasteiger partial charge in [-0.3, -0.25) is 14.2 Å². The van der Waals surface area contributed by atoms with Gasteiger partial charge in [0, 0.05) is 30.2 Å². The van der Waals surface area contributed by atoms with E-state index in [9.17, 15) is 14.9 Å². The number of nitrogens with one attached hydrogen (secondary N) is 1. The zero-order valence-corrected chi connectivity index (χ0v) is 20.5. The van der Waals surface area contributed by atoms with Crippen molar-refractivity contribution >= 4 is 17.5 Å². The average molecular weight is 478 g/mol. The lowest BCUT2D eigenvalue weighted by atomic mass is 9.98. The van der Waals surface area contributed by atoms with E-state index in [0.717, 1.165) is 22.2 Å². The number of nitriles is 1. The molecule has 36 heavy (non-hydrogen) atoms. The molecule has 0 radical (unpaired) electrons. The van der Waals surface area contributed by atoms with Crippen molar-refractivity contribution in [3.8, 4) is 22.9 Å². The Morgan fingerprint density at radius 3 is 2.53 bits per heavy atom. The first-order chi connectivity index (χ1) is 17.4. The Morgan fingerprint density at radius 1 is 1.11 bits per heavy atom. The van der Waals surface area contributed by atoms with Crippen molar-refractivity contribution in [3.05, 3.63) is 111 Å². The zero-order valence-electron chi connectivity index (χ0n) is 20.5. The van der Waals surface area contributed by atoms with Gasteiger partial charge in [-0.2, -0.15) is 5.26 Å². The number of fused-ring (bicyclic) bond motifs is 1. The molecule has 7 nitrogen and oxygen atoms in total. The minimum absolute atomic E-state index is 0.0854. The summed E-state index contributed by atoms with van der Waals surface area (Å²) < 4.78 is 3.31. The second-order valence-electron chi connectivity index (χ2n) is 8.47. The molecule has 0 fully saturated rings. The maximum Gasteiger partial charge on any atom is 0.263 e. The summed E-state index contributed by atoms with van der Waals surface area (Å²) in [5.41, 5.74) is 3.11. The Kier molecular flexibility index (Phi) is 6.98.